The molecule has 22 heavy (non-hydrogen) atoms. The number of nitrogens with one attached hydrogen (secondary N) is 1. The highest BCUT2D eigenvalue weighted by Gasteiger charge is 2.14. The van der Waals surface area contributed by atoms with E-state index in [0.29, 0.717) is 6.42 Å². The first-order valence-corrected chi connectivity index (χ1v) is 8.44. The summed E-state index contributed by atoms with van der Waals surface area (Å²) in [6.45, 7) is 4.03. The van der Waals surface area contributed by atoms with Crippen LogP contribution in [-0.4, -0.2) is 13.0 Å². The molecule has 0 aliphatic rings. The van der Waals surface area contributed by atoms with Gasteiger partial charge in [-0.1, -0.05) is 23.8 Å². The molecular formula is C18H23NO2S. The molecular weight excluding hydrogens is 294 g/mol. The number of aryl methyl sites for hydroxylation is 2. The molecule has 1 amide bonds. The number of thiophene rings is 1. The first kappa shape index (κ1) is 16.6. The second-order valence-electron chi connectivity index (χ2n) is 5.47. The largest absolute Gasteiger partial charge is 0.496 e. The van der Waals surface area contributed by atoms with Crippen LogP contribution in [0.5, 0.6) is 5.75 Å². The van der Waals surface area contributed by atoms with Crippen LogP contribution in [-0.2, 0) is 11.2 Å². The Bertz CT molecular complexity index is 608. The number of carbonyl (C=O) groups excluding carboxylic acids is 1. The summed E-state index contributed by atoms with van der Waals surface area (Å²) < 4.78 is 5.38. The van der Waals surface area contributed by atoms with Gasteiger partial charge in [-0.25, -0.2) is 0 Å². The summed E-state index contributed by atoms with van der Waals surface area (Å²) in [5.74, 6) is 0.907. The van der Waals surface area contributed by atoms with Gasteiger partial charge in [0.25, 0.3) is 0 Å². The van der Waals surface area contributed by atoms with E-state index in [4.69, 9.17) is 4.74 Å². The molecule has 1 atom stereocenters. The van der Waals surface area contributed by atoms with Gasteiger partial charge in [-0.2, -0.15) is 0 Å². The SMILES string of the molecule is COc1ccc(C)cc1[C@@H](C)NC(=O)CCCc1cccs1. The van der Waals surface area contributed by atoms with E-state index < -0.39 is 0 Å². The van der Waals surface area contributed by atoms with Crippen LogP contribution in [0, 0.1) is 6.92 Å². The van der Waals surface area contributed by atoms with Crippen LogP contribution in [0.15, 0.2) is 35.7 Å². The number of carbonyl (C=O) groups is 1. The van der Waals surface area contributed by atoms with Crippen LogP contribution >= 0.6 is 11.3 Å². The maximum absolute atomic E-state index is 12.1. The van der Waals surface area contributed by atoms with Crippen molar-refractivity contribution in [2.75, 3.05) is 7.11 Å². The molecule has 0 saturated carbocycles. The fourth-order valence-corrected chi connectivity index (χ4v) is 3.21. The third kappa shape index (κ3) is 4.60. The quantitative estimate of drug-likeness (QED) is 0.828. The van der Waals surface area contributed by atoms with Gasteiger partial charge in [-0.05, 0) is 44.2 Å². The molecule has 0 fully saturated rings. The van der Waals surface area contributed by atoms with Crippen LogP contribution in [0.3, 0.4) is 0 Å². The average molecular weight is 317 g/mol. The van der Waals surface area contributed by atoms with Crippen LogP contribution in [0.2, 0.25) is 0 Å². The summed E-state index contributed by atoms with van der Waals surface area (Å²) in [7, 11) is 1.66. The molecule has 0 spiro atoms. The molecule has 1 aromatic carbocycles. The highest BCUT2D eigenvalue weighted by Crippen LogP contribution is 2.26. The molecule has 3 nitrogen and oxygen atoms in total. The van der Waals surface area contributed by atoms with E-state index in [-0.39, 0.29) is 11.9 Å². The predicted molar refractivity (Wildman–Crippen MR) is 91.5 cm³/mol. The van der Waals surface area contributed by atoms with E-state index in [1.165, 1.54) is 4.88 Å². The van der Waals surface area contributed by atoms with Crippen molar-refractivity contribution in [3.05, 3.63) is 51.7 Å². The van der Waals surface area contributed by atoms with Crippen molar-refractivity contribution in [3.63, 3.8) is 0 Å². The lowest BCUT2D eigenvalue weighted by molar-refractivity contribution is -0.121. The molecule has 4 heteroatoms. The first-order valence-electron chi connectivity index (χ1n) is 7.56. The molecule has 2 rings (SSSR count). The van der Waals surface area contributed by atoms with Crippen molar-refractivity contribution >= 4 is 17.2 Å². The highest BCUT2D eigenvalue weighted by atomic mass is 32.1. The summed E-state index contributed by atoms with van der Waals surface area (Å²) in [4.78, 5) is 13.4. The molecule has 0 aliphatic carbocycles. The Morgan fingerprint density at radius 1 is 1.36 bits per heavy atom. The molecule has 1 aromatic heterocycles. The second kappa shape index (κ2) is 7.99. The van der Waals surface area contributed by atoms with Gasteiger partial charge < -0.3 is 10.1 Å². The maximum Gasteiger partial charge on any atom is 0.220 e. The molecule has 0 radical (unpaired) electrons. The van der Waals surface area contributed by atoms with E-state index in [9.17, 15) is 4.79 Å². The van der Waals surface area contributed by atoms with E-state index in [2.05, 4.69) is 22.8 Å². The summed E-state index contributed by atoms with van der Waals surface area (Å²) in [5, 5.41) is 5.13. The molecule has 2 aromatic rings. The summed E-state index contributed by atoms with van der Waals surface area (Å²) >= 11 is 1.74. The van der Waals surface area contributed by atoms with Crippen molar-refractivity contribution in [2.45, 2.75) is 39.2 Å². The summed E-state index contributed by atoms with van der Waals surface area (Å²) in [5.41, 5.74) is 2.18. The van der Waals surface area contributed by atoms with Crippen molar-refractivity contribution in [3.8, 4) is 5.75 Å². The lowest BCUT2D eigenvalue weighted by Crippen LogP contribution is -2.26. The van der Waals surface area contributed by atoms with Crippen LogP contribution in [0.25, 0.3) is 0 Å². The van der Waals surface area contributed by atoms with Crippen molar-refractivity contribution < 1.29 is 9.53 Å². The summed E-state index contributed by atoms with van der Waals surface area (Å²) in [6, 6.07) is 10.1. The number of ether oxygens (including phenoxy) is 1. The highest BCUT2D eigenvalue weighted by molar-refractivity contribution is 7.09. The van der Waals surface area contributed by atoms with Crippen LogP contribution in [0.1, 0.15) is 41.8 Å². The molecule has 1 N–H and O–H groups in total. The minimum absolute atomic E-state index is 0.0518. The van der Waals surface area contributed by atoms with Gasteiger partial charge in [0.15, 0.2) is 0 Å². The number of methoxy groups -OCH3 is 1. The van der Waals surface area contributed by atoms with Gasteiger partial charge in [0.1, 0.15) is 5.75 Å². The van der Waals surface area contributed by atoms with Crippen LogP contribution in [0.4, 0.5) is 0 Å². The van der Waals surface area contributed by atoms with Crippen molar-refractivity contribution in [1.29, 1.82) is 0 Å². The standard InChI is InChI=1S/C18H23NO2S/c1-13-9-10-17(21-3)16(12-13)14(2)19-18(20)8-4-6-15-7-5-11-22-15/h5,7,9-12,14H,4,6,8H2,1-3H3,(H,19,20)/t14-/m1/s1. The molecule has 0 saturated heterocycles. The third-order valence-corrected chi connectivity index (χ3v) is 4.57. The van der Waals surface area contributed by atoms with Gasteiger partial charge in [-0.15, -0.1) is 11.3 Å². The lowest BCUT2D eigenvalue weighted by Gasteiger charge is -2.18. The zero-order valence-electron chi connectivity index (χ0n) is 13.4. The Morgan fingerprint density at radius 2 is 2.18 bits per heavy atom. The lowest BCUT2D eigenvalue weighted by atomic mass is 10.0. The zero-order valence-corrected chi connectivity index (χ0v) is 14.2. The Kier molecular flexibility index (Phi) is 6.01. The van der Waals surface area contributed by atoms with E-state index >= 15 is 0 Å². The Hall–Kier alpha value is -1.81. The Labute approximate surface area is 136 Å². The second-order valence-corrected chi connectivity index (χ2v) is 6.50. The average Bonchev–Trinajstić information content (AvgIpc) is 3.00. The maximum atomic E-state index is 12.1. The van der Waals surface area contributed by atoms with Gasteiger partial charge in [-0.3, -0.25) is 4.79 Å². The Balaban J connectivity index is 1.86. The molecule has 0 bridgehead atoms. The van der Waals surface area contributed by atoms with E-state index in [1.54, 1.807) is 18.4 Å². The van der Waals surface area contributed by atoms with Gasteiger partial charge in [0, 0.05) is 16.9 Å². The number of rotatable bonds is 7. The molecule has 1 heterocycles. The Morgan fingerprint density at radius 3 is 2.86 bits per heavy atom. The van der Waals surface area contributed by atoms with Crippen LogP contribution < -0.4 is 10.1 Å². The van der Waals surface area contributed by atoms with Crippen molar-refractivity contribution in [2.24, 2.45) is 0 Å². The normalized spacial score (nSPS) is 12.0. The summed E-state index contributed by atoms with van der Waals surface area (Å²) in [6.07, 6.45) is 2.40. The number of hydrogen-bond acceptors (Lipinski definition) is 3. The number of hydrogen-bond donors (Lipinski definition) is 1. The van der Waals surface area contributed by atoms with Crippen molar-refractivity contribution in [1.82, 2.24) is 5.32 Å². The van der Waals surface area contributed by atoms with E-state index in [1.807, 2.05) is 32.0 Å². The minimum Gasteiger partial charge on any atom is -0.496 e. The van der Waals surface area contributed by atoms with Gasteiger partial charge in [0.2, 0.25) is 5.91 Å². The fourth-order valence-electron chi connectivity index (χ4n) is 2.46. The minimum atomic E-state index is -0.0518. The van der Waals surface area contributed by atoms with Gasteiger partial charge in [0.05, 0.1) is 13.2 Å². The fraction of sp³-hybridized carbons (Fsp3) is 0.389. The predicted octanol–water partition coefficient (Wildman–Crippen LogP) is 4.27. The topological polar surface area (TPSA) is 38.3 Å². The number of benzene rings is 1. The monoisotopic (exact) mass is 317 g/mol. The zero-order chi connectivity index (χ0) is 15.9. The molecule has 0 unspecified atom stereocenters. The molecule has 0 aliphatic heterocycles. The third-order valence-electron chi connectivity index (χ3n) is 3.64. The number of amides is 1. The smallest absolute Gasteiger partial charge is 0.220 e. The first-order chi connectivity index (χ1) is 10.6. The molecule has 118 valence electrons. The van der Waals surface area contributed by atoms with E-state index in [0.717, 1.165) is 29.7 Å². The van der Waals surface area contributed by atoms with Gasteiger partial charge >= 0.3 is 0 Å².